The van der Waals surface area contributed by atoms with Crippen LogP contribution in [0.3, 0.4) is 0 Å². The van der Waals surface area contributed by atoms with Gasteiger partial charge in [0.1, 0.15) is 0 Å². The Balaban J connectivity index is 3.06. The number of carbonyl (C=O) groups is 1. The summed E-state index contributed by atoms with van der Waals surface area (Å²) in [6.45, 7) is 8.61. The van der Waals surface area contributed by atoms with Crippen molar-refractivity contribution in [3.63, 3.8) is 0 Å². The van der Waals surface area contributed by atoms with E-state index in [1.54, 1.807) is 0 Å². The largest absolute Gasteiger partial charge is 0.294 e. The minimum absolute atomic E-state index is 0.215. The van der Waals surface area contributed by atoms with E-state index in [1.807, 2.05) is 0 Å². The van der Waals surface area contributed by atoms with Crippen molar-refractivity contribution in [2.24, 2.45) is 5.92 Å². The molecule has 0 spiro atoms. The molecule has 0 aliphatic heterocycles. The zero-order valence-corrected chi connectivity index (χ0v) is 13.0. The molecule has 0 radical (unpaired) electrons. The standard InChI is InChI=1S/C18H28O/c1-5-9-16(10-6-2)18(19)17-13-14(7-3)11-12-15(17)8-4/h11-13,16H,5-10H2,1-4H3. The molecule has 106 valence electrons. The average molecular weight is 260 g/mol. The van der Waals surface area contributed by atoms with Crippen LogP contribution in [-0.2, 0) is 12.8 Å². The quantitative estimate of drug-likeness (QED) is 0.586. The van der Waals surface area contributed by atoms with Gasteiger partial charge in [-0.3, -0.25) is 4.79 Å². The lowest BCUT2D eigenvalue weighted by Gasteiger charge is -2.17. The number of hydrogen-bond donors (Lipinski definition) is 0. The Bertz CT molecular complexity index is 400. The molecule has 0 fully saturated rings. The van der Waals surface area contributed by atoms with Crippen molar-refractivity contribution < 1.29 is 4.79 Å². The maximum absolute atomic E-state index is 12.8. The molecule has 1 heteroatoms. The lowest BCUT2D eigenvalue weighted by atomic mass is 9.86. The van der Waals surface area contributed by atoms with Crippen molar-refractivity contribution in [3.8, 4) is 0 Å². The SMILES string of the molecule is CCCC(CCC)C(=O)c1cc(CC)ccc1CC. The predicted octanol–water partition coefficient (Wildman–Crippen LogP) is 5.21. The fourth-order valence-electron chi connectivity index (χ4n) is 2.70. The molecular formula is C18H28O. The highest BCUT2D eigenvalue weighted by Gasteiger charge is 2.20. The third-order valence-electron chi connectivity index (χ3n) is 3.87. The number of Topliss-reactive ketones (excluding diaryl/α,β-unsaturated/α-hetero) is 1. The summed E-state index contributed by atoms with van der Waals surface area (Å²) in [5, 5.41) is 0. The molecule has 0 heterocycles. The maximum Gasteiger partial charge on any atom is 0.166 e. The van der Waals surface area contributed by atoms with Gasteiger partial charge < -0.3 is 0 Å². The molecule has 1 aromatic rings. The number of hydrogen-bond acceptors (Lipinski definition) is 1. The Labute approximate surface area is 118 Å². The number of rotatable bonds is 8. The van der Waals surface area contributed by atoms with Crippen LogP contribution in [0.5, 0.6) is 0 Å². The van der Waals surface area contributed by atoms with Gasteiger partial charge in [0.05, 0.1) is 0 Å². The molecule has 0 N–H and O–H groups in total. The molecular weight excluding hydrogens is 232 g/mol. The van der Waals surface area contributed by atoms with E-state index < -0.39 is 0 Å². The molecule has 0 amide bonds. The maximum atomic E-state index is 12.8. The van der Waals surface area contributed by atoms with Crippen LogP contribution >= 0.6 is 0 Å². The Kier molecular flexibility index (Phi) is 6.83. The summed E-state index contributed by atoms with van der Waals surface area (Å²) in [6.07, 6.45) is 6.15. The number of benzene rings is 1. The fourth-order valence-corrected chi connectivity index (χ4v) is 2.70. The van der Waals surface area contributed by atoms with E-state index in [9.17, 15) is 4.79 Å². The van der Waals surface area contributed by atoms with Crippen molar-refractivity contribution in [1.29, 1.82) is 0 Å². The van der Waals surface area contributed by atoms with Crippen molar-refractivity contribution >= 4 is 5.78 Å². The van der Waals surface area contributed by atoms with Crippen LogP contribution in [0.1, 0.15) is 74.9 Å². The van der Waals surface area contributed by atoms with Crippen LogP contribution in [0.15, 0.2) is 18.2 Å². The van der Waals surface area contributed by atoms with E-state index in [1.165, 1.54) is 11.1 Å². The second kappa shape index (κ2) is 8.14. The lowest BCUT2D eigenvalue weighted by molar-refractivity contribution is 0.0904. The van der Waals surface area contributed by atoms with Crippen molar-refractivity contribution in [1.82, 2.24) is 0 Å². The molecule has 0 saturated carbocycles. The van der Waals surface area contributed by atoms with Gasteiger partial charge >= 0.3 is 0 Å². The summed E-state index contributed by atoms with van der Waals surface area (Å²) < 4.78 is 0. The number of ketones is 1. The van der Waals surface area contributed by atoms with Crippen LogP contribution in [0.2, 0.25) is 0 Å². The van der Waals surface area contributed by atoms with Crippen LogP contribution in [-0.4, -0.2) is 5.78 Å². The third-order valence-corrected chi connectivity index (χ3v) is 3.87. The third kappa shape index (κ3) is 4.19. The highest BCUT2D eigenvalue weighted by molar-refractivity contribution is 5.99. The summed E-state index contributed by atoms with van der Waals surface area (Å²) in [5.41, 5.74) is 3.46. The van der Waals surface area contributed by atoms with E-state index in [0.717, 1.165) is 44.1 Å². The van der Waals surface area contributed by atoms with Crippen LogP contribution in [0, 0.1) is 5.92 Å². The lowest BCUT2D eigenvalue weighted by Crippen LogP contribution is -2.16. The van der Waals surface area contributed by atoms with Gasteiger partial charge in [-0.1, -0.05) is 52.7 Å². The van der Waals surface area contributed by atoms with Crippen molar-refractivity contribution in [2.45, 2.75) is 66.2 Å². The molecule has 0 atom stereocenters. The molecule has 1 aromatic carbocycles. The van der Waals surface area contributed by atoms with E-state index in [4.69, 9.17) is 0 Å². The van der Waals surface area contributed by atoms with E-state index >= 15 is 0 Å². The molecule has 0 bridgehead atoms. The first-order chi connectivity index (χ1) is 9.17. The smallest absolute Gasteiger partial charge is 0.166 e. The second-order valence-corrected chi connectivity index (χ2v) is 5.34. The molecule has 1 nitrogen and oxygen atoms in total. The van der Waals surface area contributed by atoms with Crippen LogP contribution in [0.4, 0.5) is 0 Å². The zero-order chi connectivity index (χ0) is 14.3. The average Bonchev–Trinajstić information content (AvgIpc) is 2.45. The molecule has 0 aliphatic carbocycles. The minimum Gasteiger partial charge on any atom is -0.294 e. The highest BCUT2D eigenvalue weighted by Crippen LogP contribution is 2.23. The van der Waals surface area contributed by atoms with Gasteiger partial charge in [-0.25, -0.2) is 0 Å². The summed E-state index contributed by atoms with van der Waals surface area (Å²) in [4.78, 5) is 12.8. The van der Waals surface area contributed by atoms with Crippen LogP contribution < -0.4 is 0 Å². The van der Waals surface area contributed by atoms with Gasteiger partial charge in [-0.05, 0) is 42.9 Å². The minimum atomic E-state index is 0.215. The Morgan fingerprint density at radius 1 is 1.00 bits per heavy atom. The van der Waals surface area contributed by atoms with E-state index in [0.29, 0.717) is 5.78 Å². The first kappa shape index (κ1) is 15.9. The Morgan fingerprint density at radius 2 is 1.63 bits per heavy atom. The molecule has 19 heavy (non-hydrogen) atoms. The molecule has 1 rings (SSSR count). The van der Waals surface area contributed by atoms with Gasteiger partial charge in [-0.2, -0.15) is 0 Å². The van der Waals surface area contributed by atoms with Gasteiger partial charge in [0.15, 0.2) is 5.78 Å². The first-order valence-electron chi connectivity index (χ1n) is 7.83. The fraction of sp³-hybridized carbons (Fsp3) is 0.611. The zero-order valence-electron chi connectivity index (χ0n) is 13.0. The predicted molar refractivity (Wildman–Crippen MR) is 82.8 cm³/mol. The van der Waals surface area contributed by atoms with Gasteiger partial charge in [0.25, 0.3) is 0 Å². The number of carbonyl (C=O) groups excluding carboxylic acids is 1. The van der Waals surface area contributed by atoms with Gasteiger partial charge in [0, 0.05) is 11.5 Å². The second-order valence-electron chi connectivity index (χ2n) is 5.34. The van der Waals surface area contributed by atoms with Gasteiger partial charge in [0.2, 0.25) is 0 Å². The highest BCUT2D eigenvalue weighted by atomic mass is 16.1. The number of aryl methyl sites for hydroxylation is 2. The molecule has 0 aliphatic rings. The molecule has 0 saturated heterocycles. The molecule has 0 aromatic heterocycles. The Morgan fingerprint density at radius 3 is 2.11 bits per heavy atom. The van der Waals surface area contributed by atoms with Gasteiger partial charge in [-0.15, -0.1) is 0 Å². The first-order valence-corrected chi connectivity index (χ1v) is 7.83. The van der Waals surface area contributed by atoms with E-state index in [2.05, 4.69) is 45.9 Å². The van der Waals surface area contributed by atoms with E-state index in [-0.39, 0.29) is 5.92 Å². The molecule has 0 unspecified atom stereocenters. The van der Waals surface area contributed by atoms with Crippen molar-refractivity contribution in [2.75, 3.05) is 0 Å². The summed E-state index contributed by atoms with van der Waals surface area (Å²) in [6, 6.07) is 6.42. The summed E-state index contributed by atoms with van der Waals surface area (Å²) in [5.74, 6) is 0.586. The van der Waals surface area contributed by atoms with Crippen LogP contribution in [0.25, 0.3) is 0 Å². The Hall–Kier alpha value is -1.11. The summed E-state index contributed by atoms with van der Waals surface area (Å²) >= 11 is 0. The normalized spacial score (nSPS) is 11.0. The topological polar surface area (TPSA) is 17.1 Å². The monoisotopic (exact) mass is 260 g/mol. The summed E-state index contributed by atoms with van der Waals surface area (Å²) in [7, 11) is 0. The van der Waals surface area contributed by atoms with Crippen molar-refractivity contribution in [3.05, 3.63) is 34.9 Å².